The normalized spacial score (nSPS) is 10.5. The Morgan fingerprint density at radius 1 is 1.03 bits per heavy atom. The average Bonchev–Trinajstić information content (AvgIpc) is 2.78. The maximum atomic E-state index is 13.1. The van der Waals surface area contributed by atoms with E-state index in [0.29, 0.717) is 41.1 Å². The van der Waals surface area contributed by atoms with Gasteiger partial charge >= 0.3 is 5.97 Å². The molecule has 0 spiro atoms. The lowest BCUT2D eigenvalue weighted by Crippen LogP contribution is -2.06. The number of halogens is 2. The molecule has 8 heteroatoms. The second-order valence-electron chi connectivity index (χ2n) is 6.83. The third-order valence-electron chi connectivity index (χ3n) is 4.59. The predicted molar refractivity (Wildman–Crippen MR) is 121 cm³/mol. The number of hydrogen-bond acceptors (Lipinski definition) is 5. The van der Waals surface area contributed by atoms with Crippen LogP contribution in [0.1, 0.15) is 28.4 Å². The number of anilines is 1. The second kappa shape index (κ2) is 10.7. The zero-order valence-corrected chi connectivity index (χ0v) is 18.4. The number of nitrogens with one attached hydrogen (secondary N) is 1. The second-order valence-corrected chi connectivity index (χ2v) is 7.23. The fourth-order valence-corrected chi connectivity index (χ4v) is 3.33. The molecule has 0 saturated heterocycles. The lowest BCUT2D eigenvalue weighted by molar-refractivity contribution is 0.0697. The Morgan fingerprint density at radius 3 is 2.44 bits per heavy atom. The van der Waals surface area contributed by atoms with E-state index >= 15 is 0 Å². The molecule has 0 radical (unpaired) electrons. The van der Waals surface area contributed by atoms with Gasteiger partial charge in [-0.25, -0.2) is 9.18 Å². The molecule has 3 aromatic carbocycles. The smallest absolute Gasteiger partial charge is 0.335 e. The SMILES string of the molecule is CCOc1cc(CNc2cc(C(=O)O)ccc2OC)cc(Cl)c1OCc1ccc(F)cc1. The topological polar surface area (TPSA) is 77.0 Å². The number of benzene rings is 3. The van der Waals surface area contributed by atoms with Gasteiger partial charge in [-0.2, -0.15) is 0 Å². The van der Waals surface area contributed by atoms with Gasteiger partial charge < -0.3 is 24.6 Å². The van der Waals surface area contributed by atoms with E-state index < -0.39 is 5.97 Å². The van der Waals surface area contributed by atoms with E-state index in [2.05, 4.69) is 5.32 Å². The lowest BCUT2D eigenvalue weighted by Gasteiger charge is -2.17. The van der Waals surface area contributed by atoms with Gasteiger partial charge in [-0.15, -0.1) is 0 Å². The van der Waals surface area contributed by atoms with Crippen molar-refractivity contribution in [2.75, 3.05) is 19.0 Å². The van der Waals surface area contributed by atoms with Gasteiger partial charge in [0.1, 0.15) is 18.2 Å². The van der Waals surface area contributed by atoms with Gasteiger partial charge in [0.2, 0.25) is 0 Å². The zero-order chi connectivity index (χ0) is 23.1. The van der Waals surface area contributed by atoms with Crippen LogP contribution in [0.5, 0.6) is 17.2 Å². The first kappa shape index (κ1) is 23.2. The maximum absolute atomic E-state index is 13.1. The summed E-state index contributed by atoms with van der Waals surface area (Å²) in [5, 5.41) is 12.8. The molecule has 0 aliphatic rings. The first-order valence-electron chi connectivity index (χ1n) is 9.89. The van der Waals surface area contributed by atoms with Crippen LogP contribution >= 0.6 is 11.6 Å². The van der Waals surface area contributed by atoms with Gasteiger partial charge in [0.05, 0.1) is 30.0 Å². The van der Waals surface area contributed by atoms with Crippen LogP contribution in [0.3, 0.4) is 0 Å². The molecule has 0 atom stereocenters. The Bertz CT molecular complexity index is 1090. The van der Waals surface area contributed by atoms with E-state index in [1.54, 1.807) is 30.3 Å². The molecule has 0 aliphatic heterocycles. The molecule has 0 unspecified atom stereocenters. The van der Waals surface area contributed by atoms with Gasteiger partial charge in [0, 0.05) is 6.54 Å². The standard InChI is InChI=1S/C24H23ClFNO5/c1-3-31-22-11-16(13-27-20-12-17(24(28)29)6-9-21(20)30-2)10-19(25)23(22)32-14-15-4-7-18(26)8-5-15/h4-12,27H,3,13-14H2,1-2H3,(H,28,29). The summed E-state index contributed by atoms with van der Waals surface area (Å²) in [6, 6.07) is 14.1. The fourth-order valence-electron chi connectivity index (χ4n) is 3.04. The maximum Gasteiger partial charge on any atom is 0.335 e. The molecule has 0 fully saturated rings. The van der Waals surface area contributed by atoms with E-state index in [0.717, 1.165) is 11.1 Å². The predicted octanol–water partition coefficient (Wildman–Crippen LogP) is 5.78. The van der Waals surface area contributed by atoms with Crippen LogP contribution in [0.15, 0.2) is 54.6 Å². The number of ether oxygens (including phenoxy) is 3. The first-order valence-corrected chi connectivity index (χ1v) is 10.3. The van der Waals surface area contributed by atoms with Crippen molar-refractivity contribution in [1.29, 1.82) is 0 Å². The average molecular weight is 460 g/mol. The number of carboxylic acids is 1. The van der Waals surface area contributed by atoms with E-state index in [1.807, 2.05) is 6.92 Å². The molecular formula is C24H23ClFNO5. The van der Waals surface area contributed by atoms with Crippen LogP contribution in [0.25, 0.3) is 0 Å². The summed E-state index contributed by atoms with van der Waals surface area (Å²) in [5.41, 5.74) is 2.28. The Balaban J connectivity index is 1.79. The number of carboxylic acid groups (broad SMARTS) is 1. The number of methoxy groups -OCH3 is 1. The summed E-state index contributed by atoms with van der Waals surface area (Å²) < 4.78 is 30.0. The molecule has 0 bridgehead atoms. The van der Waals surface area contributed by atoms with Crippen LogP contribution in [0.4, 0.5) is 10.1 Å². The van der Waals surface area contributed by atoms with Crippen molar-refractivity contribution in [1.82, 2.24) is 0 Å². The zero-order valence-electron chi connectivity index (χ0n) is 17.7. The Labute approximate surface area is 190 Å². The Hall–Kier alpha value is -3.45. The summed E-state index contributed by atoms with van der Waals surface area (Å²) in [7, 11) is 1.51. The number of hydrogen-bond donors (Lipinski definition) is 2. The van der Waals surface area contributed by atoms with E-state index in [1.165, 1.54) is 31.4 Å². The summed E-state index contributed by atoms with van der Waals surface area (Å²) in [6.07, 6.45) is 0. The molecule has 0 amide bonds. The van der Waals surface area contributed by atoms with Crippen molar-refractivity contribution in [2.45, 2.75) is 20.1 Å². The molecule has 0 saturated carbocycles. The molecule has 3 aromatic rings. The highest BCUT2D eigenvalue weighted by atomic mass is 35.5. The number of carbonyl (C=O) groups is 1. The van der Waals surface area contributed by atoms with Gasteiger partial charge in [-0.05, 0) is 60.5 Å². The lowest BCUT2D eigenvalue weighted by atomic mass is 10.1. The number of rotatable bonds is 10. The number of aromatic carboxylic acids is 1. The molecule has 32 heavy (non-hydrogen) atoms. The van der Waals surface area contributed by atoms with Crippen molar-refractivity contribution in [3.63, 3.8) is 0 Å². The summed E-state index contributed by atoms with van der Waals surface area (Å²) in [5.74, 6) is 0.0480. The van der Waals surface area contributed by atoms with Crippen molar-refractivity contribution in [3.05, 3.63) is 82.1 Å². The third kappa shape index (κ3) is 5.82. The van der Waals surface area contributed by atoms with Crippen molar-refractivity contribution in [2.24, 2.45) is 0 Å². The van der Waals surface area contributed by atoms with Crippen LogP contribution in [-0.2, 0) is 13.2 Å². The molecule has 0 heterocycles. The summed E-state index contributed by atoms with van der Waals surface area (Å²) in [6.45, 7) is 2.81. The molecule has 0 aliphatic carbocycles. The highest BCUT2D eigenvalue weighted by molar-refractivity contribution is 6.32. The first-order chi connectivity index (χ1) is 15.4. The minimum absolute atomic E-state index is 0.144. The van der Waals surface area contributed by atoms with E-state index in [9.17, 15) is 14.3 Å². The van der Waals surface area contributed by atoms with Gasteiger partial charge in [-0.1, -0.05) is 23.7 Å². The quantitative estimate of drug-likeness (QED) is 0.400. The van der Waals surface area contributed by atoms with Crippen molar-refractivity contribution >= 4 is 23.3 Å². The van der Waals surface area contributed by atoms with Crippen LogP contribution in [0, 0.1) is 5.82 Å². The highest BCUT2D eigenvalue weighted by Crippen LogP contribution is 2.38. The van der Waals surface area contributed by atoms with Gasteiger partial charge in [0.25, 0.3) is 0 Å². The fraction of sp³-hybridized carbons (Fsp3) is 0.208. The highest BCUT2D eigenvalue weighted by Gasteiger charge is 2.14. The molecule has 3 rings (SSSR count). The van der Waals surface area contributed by atoms with Crippen LogP contribution < -0.4 is 19.5 Å². The van der Waals surface area contributed by atoms with E-state index in [4.69, 9.17) is 25.8 Å². The van der Waals surface area contributed by atoms with Gasteiger partial charge in [0.15, 0.2) is 11.5 Å². The molecule has 6 nitrogen and oxygen atoms in total. The largest absolute Gasteiger partial charge is 0.495 e. The monoisotopic (exact) mass is 459 g/mol. The van der Waals surface area contributed by atoms with Crippen LogP contribution in [0.2, 0.25) is 5.02 Å². The molecule has 2 N–H and O–H groups in total. The minimum atomic E-state index is -1.03. The van der Waals surface area contributed by atoms with Crippen molar-refractivity contribution < 1.29 is 28.5 Å². The minimum Gasteiger partial charge on any atom is -0.495 e. The molecule has 168 valence electrons. The Morgan fingerprint density at radius 2 is 1.78 bits per heavy atom. The third-order valence-corrected chi connectivity index (χ3v) is 4.88. The van der Waals surface area contributed by atoms with Crippen molar-refractivity contribution in [3.8, 4) is 17.2 Å². The molecule has 0 aromatic heterocycles. The van der Waals surface area contributed by atoms with Gasteiger partial charge in [-0.3, -0.25) is 0 Å². The summed E-state index contributed by atoms with van der Waals surface area (Å²) in [4.78, 5) is 11.3. The molecular weight excluding hydrogens is 437 g/mol. The Kier molecular flexibility index (Phi) is 7.78. The summed E-state index contributed by atoms with van der Waals surface area (Å²) >= 11 is 6.47. The van der Waals surface area contributed by atoms with Crippen LogP contribution in [-0.4, -0.2) is 24.8 Å². The van der Waals surface area contributed by atoms with E-state index in [-0.39, 0.29) is 18.0 Å².